The average molecular weight is 452 g/mol. The Bertz CT molecular complexity index is 1100. The van der Waals surface area contributed by atoms with Crippen molar-refractivity contribution in [1.82, 2.24) is 14.4 Å². The van der Waals surface area contributed by atoms with Gasteiger partial charge in [-0.05, 0) is 49.9 Å². The minimum absolute atomic E-state index is 0.0436. The molecule has 0 N–H and O–H groups in total. The second-order valence-corrected chi connectivity index (χ2v) is 9.12. The highest BCUT2D eigenvalue weighted by atomic mass is 32.1. The van der Waals surface area contributed by atoms with E-state index in [-0.39, 0.29) is 11.8 Å². The molecule has 0 atom stereocenters. The second kappa shape index (κ2) is 9.61. The molecule has 7 heteroatoms. The van der Waals surface area contributed by atoms with Crippen molar-refractivity contribution in [2.45, 2.75) is 26.8 Å². The molecule has 0 bridgehead atoms. The van der Waals surface area contributed by atoms with E-state index < -0.39 is 0 Å². The lowest BCUT2D eigenvalue weighted by molar-refractivity contribution is 0.0716. The van der Waals surface area contributed by atoms with Gasteiger partial charge in [-0.2, -0.15) is 0 Å². The number of para-hydroxylation sites is 1. The lowest BCUT2D eigenvalue weighted by Gasteiger charge is -2.23. The highest BCUT2D eigenvalue weighted by molar-refractivity contribution is 7.09. The summed E-state index contributed by atoms with van der Waals surface area (Å²) in [6, 6.07) is 13.4. The van der Waals surface area contributed by atoms with Crippen molar-refractivity contribution < 1.29 is 14.3 Å². The molecular formula is C25H29N3O3S. The van der Waals surface area contributed by atoms with Crippen LogP contribution in [0.1, 0.15) is 43.4 Å². The Labute approximate surface area is 193 Å². The molecule has 32 heavy (non-hydrogen) atoms. The van der Waals surface area contributed by atoms with Crippen LogP contribution in [0.2, 0.25) is 0 Å². The number of hydrogen-bond donors (Lipinski definition) is 0. The molecule has 1 fully saturated rings. The SMILES string of the molecule is COc1ccccc1C(=O)N1CCCN(C(=O)c2cc(C)n(Cc3cccs3)c2C)CC1. The van der Waals surface area contributed by atoms with Gasteiger partial charge in [-0.25, -0.2) is 0 Å². The van der Waals surface area contributed by atoms with Crippen LogP contribution < -0.4 is 4.74 Å². The largest absolute Gasteiger partial charge is 0.496 e. The molecular weight excluding hydrogens is 422 g/mol. The molecule has 4 rings (SSSR count). The van der Waals surface area contributed by atoms with Crippen LogP contribution in [0.5, 0.6) is 5.75 Å². The first-order valence-electron chi connectivity index (χ1n) is 10.9. The van der Waals surface area contributed by atoms with Gasteiger partial charge in [0, 0.05) is 42.4 Å². The summed E-state index contributed by atoms with van der Waals surface area (Å²) in [7, 11) is 1.57. The summed E-state index contributed by atoms with van der Waals surface area (Å²) in [5.74, 6) is 0.570. The molecule has 0 radical (unpaired) electrons. The first-order valence-corrected chi connectivity index (χ1v) is 11.8. The molecule has 3 heterocycles. The van der Waals surface area contributed by atoms with Gasteiger partial charge in [0.05, 0.1) is 24.8 Å². The zero-order valence-electron chi connectivity index (χ0n) is 18.8. The molecule has 1 aromatic carbocycles. The molecule has 2 amide bonds. The number of thiophene rings is 1. The number of methoxy groups -OCH3 is 1. The van der Waals surface area contributed by atoms with E-state index in [4.69, 9.17) is 4.74 Å². The maximum Gasteiger partial charge on any atom is 0.257 e. The molecule has 0 unspecified atom stereocenters. The van der Waals surface area contributed by atoms with Crippen molar-refractivity contribution in [3.05, 3.63) is 75.2 Å². The molecule has 1 aliphatic rings. The Morgan fingerprint density at radius 1 is 0.938 bits per heavy atom. The number of rotatable bonds is 5. The van der Waals surface area contributed by atoms with Crippen molar-refractivity contribution in [2.75, 3.05) is 33.3 Å². The Morgan fingerprint density at radius 3 is 2.28 bits per heavy atom. The zero-order chi connectivity index (χ0) is 22.7. The summed E-state index contributed by atoms with van der Waals surface area (Å²) >= 11 is 1.72. The van der Waals surface area contributed by atoms with Crippen molar-refractivity contribution in [3.63, 3.8) is 0 Å². The number of carbonyl (C=O) groups excluding carboxylic acids is 2. The number of ether oxygens (including phenoxy) is 1. The third-order valence-electron chi connectivity index (χ3n) is 6.11. The van der Waals surface area contributed by atoms with E-state index in [0.29, 0.717) is 37.5 Å². The minimum Gasteiger partial charge on any atom is -0.496 e. The molecule has 1 aliphatic heterocycles. The quantitative estimate of drug-likeness (QED) is 0.584. The Morgan fingerprint density at radius 2 is 1.62 bits per heavy atom. The minimum atomic E-state index is -0.0501. The van der Waals surface area contributed by atoms with Gasteiger partial charge in [0.1, 0.15) is 5.75 Å². The highest BCUT2D eigenvalue weighted by Gasteiger charge is 2.27. The predicted molar refractivity (Wildman–Crippen MR) is 127 cm³/mol. The van der Waals surface area contributed by atoms with Crippen molar-refractivity contribution >= 4 is 23.2 Å². The molecule has 6 nitrogen and oxygen atoms in total. The first-order chi connectivity index (χ1) is 15.5. The lowest BCUT2D eigenvalue weighted by Crippen LogP contribution is -2.37. The topological polar surface area (TPSA) is 54.8 Å². The first kappa shape index (κ1) is 22.1. The smallest absolute Gasteiger partial charge is 0.257 e. The molecule has 3 aromatic rings. The van der Waals surface area contributed by atoms with Crippen molar-refractivity contribution in [3.8, 4) is 5.75 Å². The van der Waals surface area contributed by atoms with Crippen LogP contribution in [0.25, 0.3) is 0 Å². The summed E-state index contributed by atoms with van der Waals surface area (Å²) < 4.78 is 7.56. The van der Waals surface area contributed by atoms with Crippen LogP contribution in [-0.4, -0.2) is 59.5 Å². The second-order valence-electron chi connectivity index (χ2n) is 8.09. The van der Waals surface area contributed by atoms with E-state index in [1.54, 1.807) is 30.6 Å². The Hall–Kier alpha value is -3.06. The standard InChI is InChI=1S/C25H29N3O3S/c1-18-16-22(19(2)28(18)17-20-8-6-15-32-20)25(30)27-12-7-11-26(13-14-27)24(29)21-9-4-5-10-23(21)31-3/h4-6,8-10,15-16H,7,11-14,17H2,1-3H3. The van der Waals surface area contributed by atoms with E-state index in [9.17, 15) is 9.59 Å². The number of carbonyl (C=O) groups is 2. The van der Waals surface area contributed by atoms with E-state index in [1.165, 1.54) is 4.88 Å². The van der Waals surface area contributed by atoms with Crippen LogP contribution in [-0.2, 0) is 6.54 Å². The van der Waals surface area contributed by atoms with Gasteiger partial charge in [0.15, 0.2) is 0 Å². The number of hydrogen-bond acceptors (Lipinski definition) is 4. The molecule has 168 valence electrons. The summed E-state index contributed by atoms with van der Waals surface area (Å²) in [5, 5.41) is 2.07. The summed E-state index contributed by atoms with van der Waals surface area (Å²) in [5.41, 5.74) is 3.39. The average Bonchev–Trinajstić information content (AvgIpc) is 3.33. The molecule has 0 spiro atoms. The van der Waals surface area contributed by atoms with Gasteiger partial charge in [-0.15, -0.1) is 11.3 Å². The maximum absolute atomic E-state index is 13.4. The molecule has 0 saturated carbocycles. The van der Waals surface area contributed by atoms with Crippen LogP contribution in [0.3, 0.4) is 0 Å². The van der Waals surface area contributed by atoms with Gasteiger partial charge >= 0.3 is 0 Å². The monoisotopic (exact) mass is 451 g/mol. The fourth-order valence-corrected chi connectivity index (χ4v) is 5.00. The molecule has 2 aromatic heterocycles. The van der Waals surface area contributed by atoms with Crippen molar-refractivity contribution in [2.24, 2.45) is 0 Å². The van der Waals surface area contributed by atoms with Crippen LogP contribution >= 0.6 is 11.3 Å². The summed E-state index contributed by atoms with van der Waals surface area (Å²) in [4.78, 5) is 31.4. The van der Waals surface area contributed by atoms with E-state index in [1.807, 2.05) is 41.8 Å². The van der Waals surface area contributed by atoms with Crippen LogP contribution in [0.4, 0.5) is 0 Å². The molecule has 1 saturated heterocycles. The number of nitrogens with zero attached hydrogens (tertiary/aromatic N) is 3. The summed E-state index contributed by atoms with van der Waals surface area (Å²) in [6.45, 7) is 7.15. The number of benzene rings is 1. The van der Waals surface area contributed by atoms with Crippen LogP contribution in [0.15, 0.2) is 47.8 Å². The predicted octanol–water partition coefficient (Wildman–Crippen LogP) is 4.21. The number of aromatic nitrogens is 1. The normalized spacial score (nSPS) is 14.3. The zero-order valence-corrected chi connectivity index (χ0v) is 19.7. The van der Waals surface area contributed by atoms with Crippen LogP contribution in [0, 0.1) is 13.8 Å². The third-order valence-corrected chi connectivity index (χ3v) is 6.97. The fourth-order valence-electron chi connectivity index (χ4n) is 4.30. The van der Waals surface area contributed by atoms with Gasteiger partial charge in [-0.1, -0.05) is 18.2 Å². The number of aryl methyl sites for hydroxylation is 1. The number of amides is 2. The van der Waals surface area contributed by atoms with E-state index in [2.05, 4.69) is 22.1 Å². The van der Waals surface area contributed by atoms with Gasteiger partial charge < -0.3 is 19.1 Å². The van der Waals surface area contributed by atoms with Crippen molar-refractivity contribution in [1.29, 1.82) is 0 Å². The van der Waals surface area contributed by atoms with Gasteiger partial charge in [0.25, 0.3) is 11.8 Å². The highest BCUT2D eigenvalue weighted by Crippen LogP contribution is 2.23. The Kier molecular flexibility index (Phi) is 6.65. The maximum atomic E-state index is 13.4. The molecule has 0 aliphatic carbocycles. The van der Waals surface area contributed by atoms with E-state index >= 15 is 0 Å². The van der Waals surface area contributed by atoms with Gasteiger partial charge in [-0.3, -0.25) is 9.59 Å². The lowest BCUT2D eigenvalue weighted by atomic mass is 10.1. The summed E-state index contributed by atoms with van der Waals surface area (Å²) in [6.07, 6.45) is 0.751. The third kappa shape index (κ3) is 4.43. The fraction of sp³-hybridized carbons (Fsp3) is 0.360. The Balaban J connectivity index is 1.47. The van der Waals surface area contributed by atoms with E-state index in [0.717, 1.165) is 29.9 Å². The van der Waals surface area contributed by atoms with Gasteiger partial charge in [0.2, 0.25) is 0 Å².